The highest BCUT2D eigenvalue weighted by Gasteiger charge is 2.48. The number of hydrogen-bond acceptors (Lipinski definition) is 3. The predicted molar refractivity (Wildman–Crippen MR) is 76.1 cm³/mol. The standard InChI is InChI=1S/C16H18N2O3/c19-15(18-9-12-3-1-2-8-17-12)13-10-4-6-11(7-5-10)14(13)16(20)21/h1-4,6,8,10-11,13-14H,5,7,9H2,(H,18,19)(H,20,21)/t10-,11+,13+,14+/m1/s1. The van der Waals surface area contributed by atoms with Gasteiger partial charge in [-0.15, -0.1) is 0 Å². The third-order valence-corrected chi connectivity index (χ3v) is 4.51. The molecule has 0 aromatic carbocycles. The Kier molecular flexibility index (Phi) is 3.73. The van der Waals surface area contributed by atoms with Crippen LogP contribution in [0.5, 0.6) is 0 Å². The maximum atomic E-state index is 12.4. The van der Waals surface area contributed by atoms with E-state index < -0.39 is 17.8 Å². The highest BCUT2D eigenvalue weighted by atomic mass is 16.4. The van der Waals surface area contributed by atoms with Crippen molar-refractivity contribution in [3.05, 3.63) is 42.2 Å². The molecule has 3 aliphatic carbocycles. The van der Waals surface area contributed by atoms with Crippen molar-refractivity contribution < 1.29 is 14.7 Å². The van der Waals surface area contributed by atoms with Gasteiger partial charge in [0.25, 0.3) is 0 Å². The molecule has 5 heteroatoms. The van der Waals surface area contributed by atoms with E-state index in [2.05, 4.69) is 10.3 Å². The van der Waals surface area contributed by atoms with Crippen molar-refractivity contribution in [1.29, 1.82) is 0 Å². The van der Waals surface area contributed by atoms with E-state index in [0.29, 0.717) is 6.54 Å². The summed E-state index contributed by atoms with van der Waals surface area (Å²) in [5.41, 5.74) is 0.772. The molecule has 4 rings (SSSR count). The van der Waals surface area contributed by atoms with Crippen LogP contribution in [0.1, 0.15) is 18.5 Å². The summed E-state index contributed by atoms with van der Waals surface area (Å²) >= 11 is 0. The molecule has 1 saturated carbocycles. The first-order chi connectivity index (χ1) is 10.2. The van der Waals surface area contributed by atoms with Gasteiger partial charge in [0.15, 0.2) is 0 Å². The smallest absolute Gasteiger partial charge is 0.307 e. The van der Waals surface area contributed by atoms with Gasteiger partial charge in [0.05, 0.1) is 24.1 Å². The van der Waals surface area contributed by atoms with Gasteiger partial charge in [-0.1, -0.05) is 18.2 Å². The maximum Gasteiger partial charge on any atom is 0.307 e. The minimum Gasteiger partial charge on any atom is -0.481 e. The zero-order chi connectivity index (χ0) is 14.8. The van der Waals surface area contributed by atoms with Crippen LogP contribution >= 0.6 is 0 Å². The van der Waals surface area contributed by atoms with E-state index in [1.165, 1.54) is 0 Å². The second kappa shape index (κ2) is 5.68. The molecule has 0 radical (unpaired) electrons. The zero-order valence-electron chi connectivity index (χ0n) is 11.6. The fraction of sp³-hybridized carbons (Fsp3) is 0.438. The van der Waals surface area contributed by atoms with E-state index >= 15 is 0 Å². The molecule has 1 aromatic heterocycles. The van der Waals surface area contributed by atoms with Crippen molar-refractivity contribution in [3.63, 3.8) is 0 Å². The van der Waals surface area contributed by atoms with Crippen molar-refractivity contribution in [2.24, 2.45) is 23.7 Å². The number of hydrogen-bond donors (Lipinski definition) is 2. The minimum absolute atomic E-state index is 0.0156. The average molecular weight is 286 g/mol. The predicted octanol–water partition coefficient (Wildman–Crippen LogP) is 1.61. The van der Waals surface area contributed by atoms with Crippen molar-refractivity contribution in [2.45, 2.75) is 19.4 Å². The first-order valence-corrected chi connectivity index (χ1v) is 7.25. The summed E-state index contributed by atoms with van der Waals surface area (Å²) in [5.74, 6) is -2.08. The number of amides is 1. The quantitative estimate of drug-likeness (QED) is 0.824. The normalized spacial score (nSPS) is 30.1. The number of carbonyl (C=O) groups is 2. The van der Waals surface area contributed by atoms with Gasteiger partial charge in [0.2, 0.25) is 5.91 Å². The number of carboxylic acid groups (broad SMARTS) is 1. The summed E-state index contributed by atoms with van der Waals surface area (Å²) in [4.78, 5) is 28.1. The van der Waals surface area contributed by atoms with Crippen LogP contribution in [0.2, 0.25) is 0 Å². The summed E-state index contributed by atoms with van der Waals surface area (Å²) in [6, 6.07) is 5.51. The Morgan fingerprint density at radius 1 is 1.19 bits per heavy atom. The Labute approximate surface area is 123 Å². The Morgan fingerprint density at radius 3 is 2.48 bits per heavy atom. The molecule has 3 aliphatic rings. The fourth-order valence-corrected chi connectivity index (χ4v) is 3.49. The molecule has 0 spiro atoms. The Balaban J connectivity index is 1.71. The number of allylic oxidation sites excluding steroid dienone is 2. The van der Waals surface area contributed by atoms with Crippen LogP contribution in [0.15, 0.2) is 36.5 Å². The van der Waals surface area contributed by atoms with E-state index in [4.69, 9.17) is 0 Å². The van der Waals surface area contributed by atoms with E-state index in [1.54, 1.807) is 6.20 Å². The van der Waals surface area contributed by atoms with Crippen molar-refractivity contribution in [3.8, 4) is 0 Å². The van der Waals surface area contributed by atoms with Crippen molar-refractivity contribution in [2.75, 3.05) is 0 Å². The molecule has 4 atom stereocenters. The SMILES string of the molecule is O=C(NCc1ccccn1)[C@@H]1[C@@H](C(=O)O)[C@H]2C=C[C@@H]1CC2. The van der Waals surface area contributed by atoms with E-state index in [9.17, 15) is 14.7 Å². The van der Waals surface area contributed by atoms with Crippen LogP contribution in [-0.2, 0) is 16.1 Å². The average Bonchev–Trinajstić information content (AvgIpc) is 2.53. The topological polar surface area (TPSA) is 79.3 Å². The van der Waals surface area contributed by atoms with Crippen LogP contribution in [0.3, 0.4) is 0 Å². The highest BCUT2D eigenvalue weighted by molar-refractivity contribution is 5.86. The first kappa shape index (κ1) is 13.8. The molecular formula is C16H18N2O3. The minimum atomic E-state index is -0.868. The van der Waals surface area contributed by atoms with Crippen molar-refractivity contribution >= 4 is 11.9 Å². The molecule has 1 heterocycles. The Bertz CT molecular complexity index is 570. The first-order valence-electron chi connectivity index (χ1n) is 7.25. The Morgan fingerprint density at radius 2 is 1.90 bits per heavy atom. The molecule has 2 bridgehead atoms. The lowest BCUT2D eigenvalue weighted by atomic mass is 9.62. The molecule has 21 heavy (non-hydrogen) atoms. The number of nitrogens with zero attached hydrogens (tertiary/aromatic N) is 1. The van der Waals surface area contributed by atoms with Crippen LogP contribution < -0.4 is 5.32 Å². The van der Waals surface area contributed by atoms with E-state index in [0.717, 1.165) is 18.5 Å². The fourth-order valence-electron chi connectivity index (χ4n) is 3.49. The molecule has 0 aliphatic heterocycles. The lowest BCUT2D eigenvalue weighted by Crippen LogP contribution is -2.48. The Hall–Kier alpha value is -2.17. The van der Waals surface area contributed by atoms with Crippen LogP contribution in [0.4, 0.5) is 0 Å². The van der Waals surface area contributed by atoms with Gasteiger partial charge in [0.1, 0.15) is 0 Å². The molecule has 0 saturated heterocycles. The molecule has 1 amide bonds. The molecule has 110 valence electrons. The lowest BCUT2D eigenvalue weighted by Gasteiger charge is -2.41. The van der Waals surface area contributed by atoms with E-state index in [1.807, 2.05) is 30.4 Å². The van der Waals surface area contributed by atoms with Gasteiger partial charge in [-0.3, -0.25) is 14.6 Å². The zero-order valence-corrected chi connectivity index (χ0v) is 11.6. The second-order valence-corrected chi connectivity index (χ2v) is 5.72. The van der Waals surface area contributed by atoms with E-state index in [-0.39, 0.29) is 17.7 Å². The van der Waals surface area contributed by atoms with Gasteiger partial charge in [-0.05, 0) is 36.8 Å². The van der Waals surface area contributed by atoms with Crippen LogP contribution in [0, 0.1) is 23.7 Å². The molecular weight excluding hydrogens is 268 g/mol. The number of carboxylic acids is 1. The van der Waals surface area contributed by atoms with Gasteiger partial charge in [-0.25, -0.2) is 0 Å². The number of fused-ring (bicyclic) bond motifs is 2. The third-order valence-electron chi connectivity index (χ3n) is 4.51. The third kappa shape index (κ3) is 2.68. The maximum absolute atomic E-state index is 12.4. The molecule has 1 aromatic rings. The van der Waals surface area contributed by atoms with Gasteiger partial charge < -0.3 is 10.4 Å². The van der Waals surface area contributed by atoms with Crippen LogP contribution in [0.25, 0.3) is 0 Å². The van der Waals surface area contributed by atoms with Gasteiger partial charge in [0, 0.05) is 6.20 Å². The molecule has 5 nitrogen and oxygen atoms in total. The summed E-state index contributed by atoms with van der Waals surface area (Å²) in [6.45, 7) is 0.337. The number of aliphatic carboxylic acids is 1. The number of nitrogens with one attached hydrogen (secondary N) is 1. The van der Waals surface area contributed by atoms with Gasteiger partial charge in [-0.2, -0.15) is 0 Å². The van der Waals surface area contributed by atoms with Crippen molar-refractivity contribution in [1.82, 2.24) is 10.3 Å². The second-order valence-electron chi connectivity index (χ2n) is 5.72. The van der Waals surface area contributed by atoms with Crippen LogP contribution in [-0.4, -0.2) is 22.0 Å². The number of carbonyl (C=O) groups excluding carboxylic acids is 1. The van der Waals surface area contributed by atoms with Gasteiger partial charge >= 0.3 is 5.97 Å². The number of rotatable bonds is 4. The molecule has 0 unspecified atom stereocenters. The number of aromatic nitrogens is 1. The largest absolute Gasteiger partial charge is 0.481 e. The summed E-state index contributed by atoms with van der Waals surface area (Å²) in [5, 5.41) is 12.3. The summed E-state index contributed by atoms with van der Waals surface area (Å²) < 4.78 is 0. The highest BCUT2D eigenvalue weighted by Crippen LogP contribution is 2.45. The summed E-state index contributed by atoms with van der Waals surface area (Å²) in [6.07, 6.45) is 7.41. The lowest BCUT2D eigenvalue weighted by molar-refractivity contribution is -0.153. The molecule has 2 N–H and O–H groups in total. The summed E-state index contributed by atoms with van der Waals surface area (Å²) in [7, 11) is 0. The number of pyridine rings is 1. The molecule has 1 fully saturated rings. The monoisotopic (exact) mass is 286 g/mol.